The predicted octanol–water partition coefficient (Wildman–Crippen LogP) is 4.84. The fourth-order valence-electron chi connectivity index (χ4n) is 1.69. The molecule has 20 heavy (non-hydrogen) atoms. The molecule has 102 valence electrons. The minimum absolute atomic E-state index is 0.305. The Balaban J connectivity index is 2.25. The Morgan fingerprint density at radius 3 is 2.10 bits per heavy atom. The molecule has 0 spiro atoms. The molecule has 0 aliphatic heterocycles. The lowest BCUT2D eigenvalue weighted by atomic mass is 10.1. The van der Waals surface area contributed by atoms with Gasteiger partial charge in [0.1, 0.15) is 17.5 Å². The first-order valence-corrected chi connectivity index (χ1v) is 6.32. The summed E-state index contributed by atoms with van der Waals surface area (Å²) < 4.78 is 39.7. The normalized spacial score (nSPS) is 11.0. The predicted molar refractivity (Wildman–Crippen MR) is 78.2 cm³/mol. The molecule has 2 rings (SSSR count). The molecule has 0 aliphatic rings. The molecule has 2 aromatic rings. The maximum atomic E-state index is 13.4. The van der Waals surface area contributed by atoms with Gasteiger partial charge in [-0.2, -0.15) is 0 Å². The van der Waals surface area contributed by atoms with Crippen LogP contribution in [0.4, 0.5) is 13.2 Å². The van der Waals surface area contributed by atoms with Gasteiger partial charge in [-0.25, -0.2) is 13.2 Å². The largest absolute Gasteiger partial charge is 0.207 e. The van der Waals surface area contributed by atoms with Crippen molar-refractivity contribution in [1.82, 2.24) is 0 Å². The van der Waals surface area contributed by atoms with Crippen molar-refractivity contribution in [3.8, 4) is 0 Å². The van der Waals surface area contributed by atoms with Crippen LogP contribution in [0.2, 0.25) is 0 Å². The highest BCUT2D eigenvalue weighted by Crippen LogP contribution is 2.17. The smallest absolute Gasteiger partial charge is 0.136 e. The zero-order valence-electron chi connectivity index (χ0n) is 10.7. The van der Waals surface area contributed by atoms with Crippen LogP contribution in [-0.2, 0) is 0 Å². The van der Waals surface area contributed by atoms with Crippen molar-refractivity contribution in [2.75, 3.05) is 0 Å². The number of benzene rings is 2. The van der Waals surface area contributed by atoms with Crippen LogP contribution in [0.5, 0.6) is 0 Å². The van der Waals surface area contributed by atoms with Crippen LogP contribution < -0.4 is 0 Å². The molecule has 0 aliphatic carbocycles. The number of thiocarbonyl (C=S) groups is 1. The van der Waals surface area contributed by atoms with E-state index in [9.17, 15) is 13.2 Å². The van der Waals surface area contributed by atoms with E-state index < -0.39 is 17.5 Å². The van der Waals surface area contributed by atoms with E-state index >= 15 is 0 Å². The highest BCUT2D eigenvalue weighted by molar-refractivity contribution is 7.81. The monoisotopic (exact) mass is 292 g/mol. The number of allylic oxidation sites excluding steroid dienone is 1. The second-order valence-electron chi connectivity index (χ2n) is 4.35. The zero-order valence-corrected chi connectivity index (χ0v) is 11.5. The highest BCUT2D eigenvalue weighted by atomic mass is 32.1. The van der Waals surface area contributed by atoms with Crippen molar-refractivity contribution in [1.29, 1.82) is 0 Å². The van der Waals surface area contributed by atoms with Crippen molar-refractivity contribution >= 4 is 23.2 Å². The van der Waals surface area contributed by atoms with Crippen molar-refractivity contribution in [2.45, 2.75) is 6.92 Å². The Morgan fingerprint density at radius 1 is 1.00 bits per heavy atom. The van der Waals surface area contributed by atoms with Gasteiger partial charge in [0.2, 0.25) is 0 Å². The van der Waals surface area contributed by atoms with Crippen molar-refractivity contribution < 1.29 is 13.2 Å². The number of halogens is 3. The molecule has 2 aromatic carbocycles. The van der Waals surface area contributed by atoms with Crippen LogP contribution in [0.15, 0.2) is 42.5 Å². The van der Waals surface area contributed by atoms with Crippen LogP contribution in [0.1, 0.15) is 16.7 Å². The molecule has 0 N–H and O–H groups in total. The van der Waals surface area contributed by atoms with E-state index in [4.69, 9.17) is 12.2 Å². The molecule has 0 aromatic heterocycles. The molecule has 0 saturated carbocycles. The maximum Gasteiger partial charge on any atom is 0.136 e. The van der Waals surface area contributed by atoms with E-state index in [2.05, 4.69) is 0 Å². The average molecular weight is 292 g/mol. The van der Waals surface area contributed by atoms with Gasteiger partial charge < -0.3 is 0 Å². The summed E-state index contributed by atoms with van der Waals surface area (Å²) in [6, 6.07) is 8.73. The van der Waals surface area contributed by atoms with Crippen LogP contribution in [-0.4, -0.2) is 4.86 Å². The number of hydrogen-bond acceptors (Lipinski definition) is 1. The van der Waals surface area contributed by atoms with E-state index in [0.29, 0.717) is 17.0 Å². The van der Waals surface area contributed by atoms with Gasteiger partial charge in [-0.15, -0.1) is 0 Å². The summed E-state index contributed by atoms with van der Waals surface area (Å²) in [4.78, 5) is 0.452. The molecule has 0 fully saturated rings. The van der Waals surface area contributed by atoms with E-state index in [1.807, 2.05) is 31.2 Å². The Bertz CT molecular complexity index is 650. The first-order chi connectivity index (χ1) is 9.47. The minimum Gasteiger partial charge on any atom is -0.207 e. The molecule has 0 saturated heterocycles. The lowest BCUT2D eigenvalue weighted by Gasteiger charge is -2.01. The standard InChI is InChI=1S/C16H11F3S/c1-10-2-4-11(5-3-10)16(20)7-6-13-14(18)8-12(17)9-15(13)19/h2-9H,1H3. The first kappa shape index (κ1) is 14.5. The fraction of sp³-hybridized carbons (Fsp3) is 0.0625. The van der Waals surface area contributed by atoms with Crippen LogP contribution in [0.3, 0.4) is 0 Å². The van der Waals surface area contributed by atoms with E-state index in [1.165, 1.54) is 12.2 Å². The SMILES string of the molecule is Cc1ccc(C(=S)C=Cc2c(F)cc(F)cc2F)cc1. The summed E-state index contributed by atoms with van der Waals surface area (Å²) in [6.07, 6.45) is 2.64. The van der Waals surface area contributed by atoms with Gasteiger partial charge in [0.25, 0.3) is 0 Å². The van der Waals surface area contributed by atoms with E-state index in [1.54, 1.807) is 0 Å². The van der Waals surface area contributed by atoms with Crippen molar-refractivity contribution in [3.63, 3.8) is 0 Å². The van der Waals surface area contributed by atoms with E-state index in [0.717, 1.165) is 11.1 Å². The topological polar surface area (TPSA) is 0 Å². The lowest BCUT2D eigenvalue weighted by molar-refractivity contribution is 0.540. The third-order valence-electron chi connectivity index (χ3n) is 2.78. The Morgan fingerprint density at radius 2 is 1.55 bits per heavy atom. The molecule has 0 unspecified atom stereocenters. The molecule has 0 bridgehead atoms. The van der Waals surface area contributed by atoms with Crippen LogP contribution >= 0.6 is 12.2 Å². The third-order valence-corrected chi connectivity index (χ3v) is 3.15. The third kappa shape index (κ3) is 3.33. The quantitative estimate of drug-likeness (QED) is 0.443. The molecule has 4 heteroatoms. The molecule has 0 atom stereocenters. The van der Waals surface area contributed by atoms with Gasteiger partial charge in [-0.3, -0.25) is 0 Å². The summed E-state index contributed by atoms with van der Waals surface area (Å²) >= 11 is 5.17. The Kier molecular flexibility index (Phi) is 4.35. The molecular weight excluding hydrogens is 281 g/mol. The summed E-state index contributed by atoms with van der Waals surface area (Å²) in [6.45, 7) is 1.95. The number of aryl methyl sites for hydroxylation is 1. The highest BCUT2D eigenvalue weighted by Gasteiger charge is 2.08. The van der Waals surface area contributed by atoms with Gasteiger partial charge in [0, 0.05) is 22.6 Å². The van der Waals surface area contributed by atoms with E-state index in [-0.39, 0.29) is 5.56 Å². The van der Waals surface area contributed by atoms with Gasteiger partial charge in [-0.1, -0.05) is 42.0 Å². The molecule has 0 radical (unpaired) electrons. The second-order valence-corrected chi connectivity index (χ2v) is 4.79. The van der Waals surface area contributed by atoms with Gasteiger partial charge >= 0.3 is 0 Å². The van der Waals surface area contributed by atoms with Crippen LogP contribution in [0.25, 0.3) is 6.08 Å². The fourth-order valence-corrected chi connectivity index (χ4v) is 1.89. The van der Waals surface area contributed by atoms with Gasteiger partial charge in [0.15, 0.2) is 0 Å². The lowest BCUT2D eigenvalue weighted by Crippen LogP contribution is -1.95. The molecular formula is C16H11F3S. The summed E-state index contributed by atoms with van der Waals surface area (Å²) in [5, 5.41) is 0. The minimum atomic E-state index is -0.953. The molecule has 0 amide bonds. The Labute approximate surface area is 120 Å². The second kappa shape index (κ2) is 6.01. The number of hydrogen-bond donors (Lipinski definition) is 0. The summed E-state index contributed by atoms with van der Waals surface area (Å²) in [5.74, 6) is -2.85. The first-order valence-electron chi connectivity index (χ1n) is 5.91. The summed E-state index contributed by atoms with van der Waals surface area (Å²) in [5.41, 5.74) is 1.57. The molecule has 0 nitrogen and oxygen atoms in total. The number of rotatable bonds is 3. The Hall–Kier alpha value is -1.94. The van der Waals surface area contributed by atoms with Gasteiger partial charge in [-0.05, 0) is 24.6 Å². The van der Waals surface area contributed by atoms with Crippen molar-refractivity contribution in [2.24, 2.45) is 0 Å². The van der Waals surface area contributed by atoms with Crippen LogP contribution in [0, 0.1) is 24.4 Å². The van der Waals surface area contributed by atoms with Crippen molar-refractivity contribution in [3.05, 3.63) is 76.6 Å². The summed E-state index contributed by atoms with van der Waals surface area (Å²) in [7, 11) is 0. The van der Waals surface area contributed by atoms with Gasteiger partial charge in [0.05, 0.1) is 0 Å². The average Bonchev–Trinajstić information content (AvgIpc) is 2.38. The zero-order chi connectivity index (χ0) is 14.7. The maximum absolute atomic E-state index is 13.4. The molecule has 0 heterocycles.